The highest BCUT2D eigenvalue weighted by molar-refractivity contribution is 14.1. The smallest absolute Gasteiger partial charge is 0.339 e. The van der Waals surface area contributed by atoms with Gasteiger partial charge < -0.3 is 4.74 Å². The maximum absolute atomic E-state index is 12.6. The molecule has 16 heavy (non-hydrogen) atoms. The van der Waals surface area contributed by atoms with Crippen molar-refractivity contribution < 1.29 is 18.3 Å². The Labute approximate surface area is 113 Å². The molecule has 1 aromatic heterocycles. The zero-order valence-electron chi connectivity index (χ0n) is 8.14. The van der Waals surface area contributed by atoms with Crippen LogP contribution in [0.2, 0.25) is 0 Å². The highest BCUT2D eigenvalue weighted by atomic mass is 127. The Morgan fingerprint density at radius 2 is 2.31 bits per heavy atom. The number of hydrogen-bond donors (Lipinski definition) is 0. The van der Waals surface area contributed by atoms with E-state index < -0.39 is 12.4 Å². The number of nitrogens with zero attached hydrogens (tertiary/aromatic N) is 1. The standard InChI is InChI=1S/C9H7BrF2INO2/c1-16-9(15)4-2-5(7(11)12)8(13)14-6(4)3-10/h2,7H,3H2,1H3. The van der Waals surface area contributed by atoms with Gasteiger partial charge in [0, 0.05) is 5.33 Å². The molecule has 0 amide bonds. The first-order valence-electron chi connectivity index (χ1n) is 4.13. The van der Waals surface area contributed by atoms with Crippen LogP contribution in [0.3, 0.4) is 0 Å². The molecule has 0 saturated carbocycles. The molecule has 3 nitrogen and oxygen atoms in total. The van der Waals surface area contributed by atoms with Crippen molar-refractivity contribution in [2.45, 2.75) is 11.8 Å². The number of ether oxygens (including phenoxy) is 1. The van der Waals surface area contributed by atoms with Crippen LogP contribution in [0.4, 0.5) is 8.78 Å². The molecule has 1 aromatic rings. The van der Waals surface area contributed by atoms with Gasteiger partial charge in [-0.3, -0.25) is 0 Å². The number of pyridine rings is 1. The molecule has 0 aromatic carbocycles. The number of carbonyl (C=O) groups excluding carboxylic acids is 1. The van der Waals surface area contributed by atoms with E-state index in [4.69, 9.17) is 0 Å². The number of carbonyl (C=O) groups is 1. The van der Waals surface area contributed by atoms with E-state index in [1.807, 2.05) is 0 Å². The fraction of sp³-hybridized carbons (Fsp3) is 0.333. The number of aromatic nitrogens is 1. The molecule has 88 valence electrons. The summed E-state index contributed by atoms with van der Waals surface area (Å²) in [6.45, 7) is 0. The summed E-state index contributed by atoms with van der Waals surface area (Å²) in [5.41, 5.74) is 0.196. The monoisotopic (exact) mass is 405 g/mol. The van der Waals surface area contributed by atoms with Crippen molar-refractivity contribution >= 4 is 44.5 Å². The second-order valence-electron chi connectivity index (χ2n) is 2.79. The summed E-state index contributed by atoms with van der Waals surface area (Å²) in [5, 5.41) is 0.303. The van der Waals surface area contributed by atoms with Gasteiger partial charge in [-0.15, -0.1) is 0 Å². The van der Waals surface area contributed by atoms with Gasteiger partial charge in [-0.05, 0) is 28.7 Å². The number of methoxy groups -OCH3 is 1. The highest BCUT2D eigenvalue weighted by Crippen LogP contribution is 2.26. The van der Waals surface area contributed by atoms with Crippen LogP contribution in [0.15, 0.2) is 6.07 Å². The van der Waals surface area contributed by atoms with Gasteiger partial charge in [0.1, 0.15) is 3.70 Å². The summed E-state index contributed by atoms with van der Waals surface area (Å²) in [6, 6.07) is 1.13. The van der Waals surface area contributed by atoms with Crippen molar-refractivity contribution in [2.75, 3.05) is 7.11 Å². The molecule has 0 bridgehead atoms. The minimum Gasteiger partial charge on any atom is -0.465 e. The summed E-state index contributed by atoms with van der Waals surface area (Å²) < 4.78 is 29.9. The minimum atomic E-state index is -2.66. The van der Waals surface area contributed by atoms with Crippen LogP contribution in [0.5, 0.6) is 0 Å². The molecule has 0 unspecified atom stereocenters. The maximum atomic E-state index is 12.6. The summed E-state index contributed by atoms with van der Waals surface area (Å²) in [5.74, 6) is -0.666. The van der Waals surface area contributed by atoms with Crippen LogP contribution < -0.4 is 0 Å². The van der Waals surface area contributed by atoms with E-state index >= 15 is 0 Å². The molecule has 1 rings (SSSR count). The van der Waals surface area contributed by atoms with E-state index in [9.17, 15) is 13.6 Å². The molecule has 0 saturated heterocycles. The Kier molecular flexibility index (Phi) is 5.03. The molecule has 0 atom stereocenters. The number of rotatable bonds is 3. The third kappa shape index (κ3) is 2.88. The maximum Gasteiger partial charge on any atom is 0.339 e. The zero-order chi connectivity index (χ0) is 12.3. The van der Waals surface area contributed by atoms with Gasteiger partial charge in [-0.1, -0.05) is 15.9 Å². The lowest BCUT2D eigenvalue weighted by Gasteiger charge is -2.09. The minimum absolute atomic E-state index is 0.0649. The van der Waals surface area contributed by atoms with Crippen LogP contribution >= 0.6 is 38.5 Å². The molecule has 1 heterocycles. The fourth-order valence-electron chi connectivity index (χ4n) is 1.08. The highest BCUT2D eigenvalue weighted by Gasteiger charge is 2.20. The third-order valence-corrected chi connectivity index (χ3v) is 3.24. The second kappa shape index (κ2) is 5.85. The summed E-state index contributed by atoms with van der Waals surface area (Å²) in [4.78, 5) is 15.3. The molecule has 0 spiro atoms. The van der Waals surface area contributed by atoms with Crippen molar-refractivity contribution in [2.24, 2.45) is 0 Å². The van der Waals surface area contributed by atoms with Crippen LogP contribution in [-0.2, 0) is 10.1 Å². The van der Waals surface area contributed by atoms with E-state index in [-0.39, 0.29) is 14.8 Å². The van der Waals surface area contributed by atoms with Crippen LogP contribution in [0.1, 0.15) is 28.0 Å². The normalized spacial score (nSPS) is 10.6. The van der Waals surface area contributed by atoms with Gasteiger partial charge in [0.25, 0.3) is 6.43 Å². The van der Waals surface area contributed by atoms with Crippen molar-refractivity contribution in [1.82, 2.24) is 4.98 Å². The summed E-state index contributed by atoms with van der Waals surface area (Å²) in [6.07, 6.45) is -2.66. The average molecular weight is 406 g/mol. The first-order valence-corrected chi connectivity index (χ1v) is 6.33. The number of halogens is 4. The molecule has 0 aliphatic rings. The summed E-state index contributed by atoms with van der Waals surface area (Å²) in [7, 11) is 1.19. The van der Waals surface area contributed by atoms with Crippen LogP contribution in [0.25, 0.3) is 0 Å². The van der Waals surface area contributed by atoms with Gasteiger partial charge >= 0.3 is 5.97 Å². The van der Waals surface area contributed by atoms with Gasteiger partial charge in [0.2, 0.25) is 0 Å². The zero-order valence-corrected chi connectivity index (χ0v) is 11.9. The van der Waals surface area contributed by atoms with Crippen molar-refractivity contribution in [3.63, 3.8) is 0 Å². The van der Waals surface area contributed by atoms with Crippen molar-refractivity contribution in [1.29, 1.82) is 0 Å². The Hall–Kier alpha value is -0.310. The fourth-order valence-corrected chi connectivity index (χ4v) is 2.19. The summed E-state index contributed by atoms with van der Waals surface area (Å²) >= 11 is 4.85. The molecule has 0 fully saturated rings. The Morgan fingerprint density at radius 1 is 1.69 bits per heavy atom. The van der Waals surface area contributed by atoms with E-state index in [0.29, 0.717) is 11.0 Å². The van der Waals surface area contributed by atoms with Crippen molar-refractivity contribution in [3.8, 4) is 0 Å². The predicted octanol–water partition coefficient (Wildman–Crippen LogP) is 3.31. The molecule has 0 radical (unpaired) electrons. The molecule has 0 aliphatic carbocycles. The van der Waals surface area contributed by atoms with Crippen molar-refractivity contribution in [3.05, 3.63) is 26.6 Å². The Balaban J connectivity index is 3.34. The number of alkyl halides is 3. The second-order valence-corrected chi connectivity index (χ2v) is 4.37. The molecule has 7 heteroatoms. The topological polar surface area (TPSA) is 39.2 Å². The van der Waals surface area contributed by atoms with Gasteiger partial charge in [-0.25, -0.2) is 18.6 Å². The number of esters is 1. The number of hydrogen-bond acceptors (Lipinski definition) is 3. The van der Waals surface area contributed by atoms with E-state index in [1.165, 1.54) is 7.11 Å². The van der Waals surface area contributed by atoms with Crippen LogP contribution in [0, 0.1) is 3.70 Å². The van der Waals surface area contributed by atoms with E-state index in [1.54, 1.807) is 22.6 Å². The van der Waals surface area contributed by atoms with Gasteiger partial charge in [0.05, 0.1) is 23.9 Å². The molecule has 0 N–H and O–H groups in total. The average Bonchev–Trinajstić information content (AvgIpc) is 2.27. The Bertz CT molecular complexity index is 415. The van der Waals surface area contributed by atoms with E-state index in [2.05, 4.69) is 25.7 Å². The largest absolute Gasteiger partial charge is 0.465 e. The lowest BCUT2D eigenvalue weighted by Crippen LogP contribution is -2.10. The van der Waals surface area contributed by atoms with Crippen LogP contribution in [-0.4, -0.2) is 18.1 Å². The van der Waals surface area contributed by atoms with E-state index in [0.717, 1.165) is 6.07 Å². The van der Waals surface area contributed by atoms with Gasteiger partial charge in [0.15, 0.2) is 0 Å². The molecule has 0 aliphatic heterocycles. The quantitative estimate of drug-likeness (QED) is 0.335. The molecular weight excluding hydrogens is 399 g/mol. The SMILES string of the molecule is COC(=O)c1cc(C(F)F)c(I)nc1CBr. The van der Waals surface area contributed by atoms with Gasteiger partial charge in [-0.2, -0.15) is 0 Å². The predicted molar refractivity (Wildman–Crippen MR) is 65.9 cm³/mol. The third-order valence-electron chi connectivity index (χ3n) is 1.85. The molecular formula is C9H7BrF2INO2. The Morgan fingerprint density at radius 3 is 2.75 bits per heavy atom. The lowest BCUT2D eigenvalue weighted by molar-refractivity contribution is 0.0598. The first-order chi connectivity index (χ1) is 7.51. The lowest BCUT2D eigenvalue weighted by atomic mass is 10.1. The first kappa shape index (κ1) is 13.8.